The normalized spacial score (nSPS) is 16.2. The number of hydrogen-bond donors (Lipinski definition) is 0. The van der Waals surface area contributed by atoms with Crippen molar-refractivity contribution in [1.82, 2.24) is 14.6 Å². The Labute approximate surface area is 91.1 Å². The topological polar surface area (TPSA) is 30.2 Å². The second-order valence-electron chi connectivity index (χ2n) is 4.24. The molecule has 1 saturated carbocycles. The van der Waals surface area contributed by atoms with Crippen molar-refractivity contribution < 1.29 is 8.78 Å². The van der Waals surface area contributed by atoms with Gasteiger partial charge in [0.15, 0.2) is 5.65 Å². The molecule has 1 aliphatic rings. The Morgan fingerprint density at radius 1 is 1.38 bits per heavy atom. The molecule has 0 amide bonds. The van der Waals surface area contributed by atoms with E-state index in [2.05, 4.69) is 10.1 Å². The first-order valence-electron chi connectivity index (χ1n) is 5.30. The molecule has 84 valence electrons. The highest BCUT2D eigenvalue weighted by Gasteiger charge is 2.27. The van der Waals surface area contributed by atoms with Gasteiger partial charge in [-0.3, -0.25) is 0 Å². The molecule has 0 bridgehead atoms. The molecule has 0 aromatic carbocycles. The molecule has 3 nitrogen and oxygen atoms in total. The SMILES string of the molecule is Cc1cc2nc(C3CC3)cc(C(F)F)n2n1. The number of aromatic nitrogens is 3. The molecule has 2 aromatic heterocycles. The Balaban J connectivity index is 2.25. The van der Waals surface area contributed by atoms with Crippen molar-refractivity contribution in [2.45, 2.75) is 32.1 Å². The molecule has 1 aliphatic carbocycles. The Bertz CT molecular complexity index is 543. The molecule has 3 rings (SSSR count). The largest absolute Gasteiger partial charge is 0.280 e. The first-order chi connectivity index (χ1) is 7.65. The van der Waals surface area contributed by atoms with Crippen LogP contribution in [-0.2, 0) is 0 Å². The van der Waals surface area contributed by atoms with Crippen LogP contribution in [0.25, 0.3) is 5.65 Å². The van der Waals surface area contributed by atoms with E-state index in [-0.39, 0.29) is 5.69 Å². The van der Waals surface area contributed by atoms with Gasteiger partial charge in [0, 0.05) is 17.7 Å². The first-order valence-corrected chi connectivity index (χ1v) is 5.30. The maximum absolute atomic E-state index is 12.9. The van der Waals surface area contributed by atoms with Crippen LogP contribution in [0.4, 0.5) is 8.78 Å². The van der Waals surface area contributed by atoms with Crippen LogP contribution in [0.2, 0.25) is 0 Å². The fraction of sp³-hybridized carbons (Fsp3) is 0.455. The van der Waals surface area contributed by atoms with Crippen molar-refractivity contribution >= 4 is 5.65 Å². The molecule has 0 radical (unpaired) electrons. The average Bonchev–Trinajstić information content (AvgIpc) is 2.98. The Hall–Kier alpha value is -1.52. The Morgan fingerprint density at radius 3 is 2.75 bits per heavy atom. The lowest BCUT2D eigenvalue weighted by Crippen LogP contribution is -2.03. The van der Waals surface area contributed by atoms with Gasteiger partial charge in [-0.05, 0) is 25.8 Å². The lowest BCUT2D eigenvalue weighted by Gasteiger charge is -2.06. The summed E-state index contributed by atoms with van der Waals surface area (Å²) in [5.74, 6) is 0.373. The number of nitrogens with zero attached hydrogens (tertiary/aromatic N) is 3. The summed E-state index contributed by atoms with van der Waals surface area (Å²) in [5.41, 5.74) is 1.96. The molecule has 0 N–H and O–H groups in total. The predicted octanol–water partition coefficient (Wildman–Crippen LogP) is 2.85. The summed E-state index contributed by atoms with van der Waals surface area (Å²) in [7, 11) is 0. The summed E-state index contributed by atoms with van der Waals surface area (Å²) in [6.07, 6.45) is -0.403. The molecule has 2 heterocycles. The van der Waals surface area contributed by atoms with Gasteiger partial charge in [0.25, 0.3) is 6.43 Å². The summed E-state index contributed by atoms with van der Waals surface area (Å²) < 4.78 is 27.0. The second kappa shape index (κ2) is 3.23. The molecule has 0 spiro atoms. The molecule has 0 saturated heterocycles. The van der Waals surface area contributed by atoms with E-state index in [4.69, 9.17) is 0 Å². The molecule has 0 unspecified atom stereocenters. The van der Waals surface area contributed by atoms with Crippen LogP contribution in [0.15, 0.2) is 12.1 Å². The third kappa shape index (κ3) is 1.47. The monoisotopic (exact) mass is 223 g/mol. The van der Waals surface area contributed by atoms with Gasteiger partial charge in [-0.15, -0.1) is 0 Å². The summed E-state index contributed by atoms with van der Waals surface area (Å²) in [6, 6.07) is 3.22. The third-order valence-corrected chi connectivity index (χ3v) is 2.82. The molecule has 5 heteroatoms. The predicted molar refractivity (Wildman–Crippen MR) is 54.7 cm³/mol. The lowest BCUT2D eigenvalue weighted by molar-refractivity contribution is 0.143. The molecular weight excluding hydrogens is 212 g/mol. The minimum Gasteiger partial charge on any atom is -0.233 e. The van der Waals surface area contributed by atoms with Crippen molar-refractivity contribution in [3.63, 3.8) is 0 Å². The quantitative estimate of drug-likeness (QED) is 0.783. The van der Waals surface area contributed by atoms with Crippen molar-refractivity contribution in [1.29, 1.82) is 0 Å². The first kappa shape index (κ1) is 9.69. The molecule has 0 atom stereocenters. The minimum atomic E-state index is -2.51. The van der Waals surface area contributed by atoms with Crippen molar-refractivity contribution in [2.24, 2.45) is 0 Å². The van der Waals surface area contributed by atoms with Crippen LogP contribution in [0.3, 0.4) is 0 Å². The van der Waals surface area contributed by atoms with Crippen molar-refractivity contribution in [2.75, 3.05) is 0 Å². The number of fused-ring (bicyclic) bond motifs is 1. The molecule has 2 aromatic rings. The smallest absolute Gasteiger partial charge is 0.233 e. The van der Waals surface area contributed by atoms with Gasteiger partial charge in [-0.2, -0.15) is 5.10 Å². The molecule has 0 aliphatic heterocycles. The fourth-order valence-electron chi connectivity index (χ4n) is 1.88. The summed E-state index contributed by atoms with van der Waals surface area (Å²) in [4.78, 5) is 4.37. The minimum absolute atomic E-state index is 0.0556. The van der Waals surface area contributed by atoms with Crippen LogP contribution in [0.1, 0.15) is 42.3 Å². The highest BCUT2D eigenvalue weighted by Crippen LogP contribution is 2.40. The van der Waals surface area contributed by atoms with E-state index in [0.29, 0.717) is 17.3 Å². The van der Waals surface area contributed by atoms with E-state index < -0.39 is 6.43 Å². The molecule has 16 heavy (non-hydrogen) atoms. The van der Waals surface area contributed by atoms with E-state index in [9.17, 15) is 8.78 Å². The average molecular weight is 223 g/mol. The second-order valence-corrected chi connectivity index (χ2v) is 4.24. The van der Waals surface area contributed by atoms with E-state index >= 15 is 0 Å². The fourth-order valence-corrected chi connectivity index (χ4v) is 1.88. The zero-order valence-electron chi connectivity index (χ0n) is 8.82. The van der Waals surface area contributed by atoms with E-state index in [1.807, 2.05) is 0 Å². The van der Waals surface area contributed by atoms with Crippen LogP contribution >= 0.6 is 0 Å². The number of alkyl halides is 2. The van der Waals surface area contributed by atoms with Gasteiger partial charge >= 0.3 is 0 Å². The number of hydrogen-bond acceptors (Lipinski definition) is 2. The number of aryl methyl sites for hydroxylation is 1. The summed E-state index contributed by atoms with van der Waals surface area (Å²) in [5, 5.41) is 4.03. The van der Waals surface area contributed by atoms with Gasteiger partial charge in [-0.1, -0.05) is 0 Å². The van der Waals surface area contributed by atoms with Gasteiger partial charge in [0.2, 0.25) is 0 Å². The lowest BCUT2D eigenvalue weighted by atomic mass is 10.2. The maximum atomic E-state index is 12.9. The van der Waals surface area contributed by atoms with Gasteiger partial charge < -0.3 is 0 Å². The highest BCUT2D eigenvalue weighted by atomic mass is 19.3. The van der Waals surface area contributed by atoms with Crippen LogP contribution in [0, 0.1) is 6.92 Å². The third-order valence-electron chi connectivity index (χ3n) is 2.82. The van der Waals surface area contributed by atoms with Crippen LogP contribution in [0.5, 0.6) is 0 Å². The van der Waals surface area contributed by atoms with Crippen molar-refractivity contribution in [3.8, 4) is 0 Å². The van der Waals surface area contributed by atoms with Crippen LogP contribution < -0.4 is 0 Å². The van der Waals surface area contributed by atoms with E-state index in [1.165, 1.54) is 10.6 Å². The standard InChI is InChI=1S/C11H11F2N3/c1-6-4-10-14-8(7-2-3-7)5-9(11(12)13)16(10)15-6/h4-5,7,11H,2-3H2,1H3. The van der Waals surface area contributed by atoms with E-state index in [0.717, 1.165) is 18.5 Å². The Morgan fingerprint density at radius 2 is 2.12 bits per heavy atom. The molecular formula is C11H11F2N3. The summed E-state index contributed by atoms with van der Waals surface area (Å²) in [6.45, 7) is 1.78. The van der Waals surface area contributed by atoms with Gasteiger partial charge in [0.1, 0.15) is 5.69 Å². The van der Waals surface area contributed by atoms with E-state index in [1.54, 1.807) is 13.0 Å². The maximum Gasteiger partial charge on any atom is 0.280 e. The van der Waals surface area contributed by atoms with Gasteiger partial charge in [-0.25, -0.2) is 18.3 Å². The number of halogens is 2. The molecule has 1 fully saturated rings. The summed E-state index contributed by atoms with van der Waals surface area (Å²) >= 11 is 0. The van der Waals surface area contributed by atoms with Crippen LogP contribution in [-0.4, -0.2) is 14.6 Å². The zero-order valence-corrected chi connectivity index (χ0v) is 8.82. The van der Waals surface area contributed by atoms with Gasteiger partial charge in [0.05, 0.1) is 5.69 Å². The number of rotatable bonds is 2. The van der Waals surface area contributed by atoms with Crippen molar-refractivity contribution in [3.05, 3.63) is 29.2 Å². The Kier molecular flexibility index (Phi) is 1.96. The highest BCUT2D eigenvalue weighted by molar-refractivity contribution is 5.43. The zero-order chi connectivity index (χ0) is 11.3.